The summed E-state index contributed by atoms with van der Waals surface area (Å²) >= 11 is 4.10. The summed E-state index contributed by atoms with van der Waals surface area (Å²) < 4.78 is 16.1. The van der Waals surface area contributed by atoms with E-state index in [0.717, 1.165) is 38.4 Å². The summed E-state index contributed by atoms with van der Waals surface area (Å²) in [5.74, 6) is 0.882. The number of hydrogen-bond donors (Lipinski definition) is 1. The van der Waals surface area contributed by atoms with Crippen LogP contribution in [-0.2, 0) is 14.2 Å². The average Bonchev–Trinajstić information content (AvgIpc) is 2.22. The molecule has 0 aliphatic carbocycles. The van der Waals surface area contributed by atoms with Crippen LogP contribution in [0.15, 0.2) is 0 Å². The van der Waals surface area contributed by atoms with Crippen molar-refractivity contribution in [3.05, 3.63) is 0 Å². The maximum absolute atomic E-state index is 5.41. The number of ether oxygens (including phenoxy) is 3. The van der Waals surface area contributed by atoms with E-state index in [9.17, 15) is 0 Å². The molecule has 0 N–H and O–H groups in total. The Labute approximate surface area is 98.9 Å². The van der Waals surface area contributed by atoms with Gasteiger partial charge in [0, 0.05) is 19.8 Å². The first-order chi connectivity index (χ1) is 7.31. The zero-order chi connectivity index (χ0) is 11.4. The smallest absolute Gasteiger partial charge is 0.0700 e. The molecule has 0 radical (unpaired) electrons. The van der Waals surface area contributed by atoms with Gasteiger partial charge in [-0.2, -0.15) is 12.6 Å². The highest BCUT2D eigenvalue weighted by Crippen LogP contribution is 1.97. The molecule has 0 aliphatic heterocycles. The average molecular weight is 236 g/mol. The molecule has 0 spiro atoms. The van der Waals surface area contributed by atoms with Gasteiger partial charge in [0.2, 0.25) is 0 Å². The molecule has 0 aliphatic rings. The molecule has 0 bridgehead atoms. The lowest BCUT2D eigenvalue weighted by atomic mass is 10.3. The lowest BCUT2D eigenvalue weighted by Gasteiger charge is -2.11. The fraction of sp³-hybridized carbons (Fsp3) is 1.00. The molecule has 1 atom stereocenters. The van der Waals surface area contributed by atoms with E-state index in [4.69, 9.17) is 14.2 Å². The molecule has 0 fully saturated rings. The third kappa shape index (κ3) is 12.2. The summed E-state index contributed by atoms with van der Waals surface area (Å²) in [4.78, 5) is 0. The van der Waals surface area contributed by atoms with Crippen LogP contribution in [0.5, 0.6) is 0 Å². The zero-order valence-corrected chi connectivity index (χ0v) is 10.8. The Kier molecular flexibility index (Phi) is 12.5. The van der Waals surface area contributed by atoms with Crippen LogP contribution in [0.25, 0.3) is 0 Å². The normalized spacial score (nSPS) is 13.0. The number of rotatable bonds is 11. The molecule has 0 amide bonds. The van der Waals surface area contributed by atoms with E-state index in [-0.39, 0.29) is 0 Å². The van der Waals surface area contributed by atoms with Gasteiger partial charge >= 0.3 is 0 Å². The molecular weight excluding hydrogens is 212 g/mol. The first kappa shape index (κ1) is 15.2. The van der Waals surface area contributed by atoms with Crippen LogP contribution >= 0.6 is 12.6 Å². The standard InChI is InChI=1S/C11H24O3S/c1-3-14-11(2)5-7-13-9-8-12-6-4-10-15/h11,15H,3-10H2,1-2H3. The molecule has 4 heteroatoms. The highest BCUT2D eigenvalue weighted by Gasteiger charge is 1.99. The molecule has 0 saturated carbocycles. The van der Waals surface area contributed by atoms with E-state index in [1.165, 1.54) is 0 Å². The third-order valence-corrected chi connectivity index (χ3v) is 2.25. The van der Waals surface area contributed by atoms with Crippen molar-refractivity contribution in [3.63, 3.8) is 0 Å². The van der Waals surface area contributed by atoms with E-state index in [2.05, 4.69) is 19.6 Å². The molecule has 15 heavy (non-hydrogen) atoms. The summed E-state index contributed by atoms with van der Waals surface area (Å²) in [6.07, 6.45) is 2.25. The minimum Gasteiger partial charge on any atom is -0.379 e. The maximum Gasteiger partial charge on any atom is 0.0700 e. The Morgan fingerprint density at radius 3 is 2.33 bits per heavy atom. The van der Waals surface area contributed by atoms with Gasteiger partial charge < -0.3 is 14.2 Å². The summed E-state index contributed by atoms with van der Waals surface area (Å²) in [7, 11) is 0. The fourth-order valence-corrected chi connectivity index (χ4v) is 1.23. The minimum absolute atomic E-state index is 0.292. The van der Waals surface area contributed by atoms with Gasteiger partial charge in [-0.1, -0.05) is 0 Å². The van der Waals surface area contributed by atoms with E-state index >= 15 is 0 Å². The molecule has 1 unspecified atom stereocenters. The first-order valence-corrected chi connectivity index (χ1v) is 6.32. The Balaban J connectivity index is 2.98. The molecular formula is C11H24O3S. The Bertz CT molecular complexity index is 122. The Hall–Kier alpha value is 0.230. The highest BCUT2D eigenvalue weighted by molar-refractivity contribution is 7.80. The molecule has 0 aromatic heterocycles. The van der Waals surface area contributed by atoms with E-state index in [1.807, 2.05) is 6.92 Å². The van der Waals surface area contributed by atoms with Crippen molar-refractivity contribution >= 4 is 12.6 Å². The van der Waals surface area contributed by atoms with Crippen molar-refractivity contribution in [2.45, 2.75) is 32.8 Å². The van der Waals surface area contributed by atoms with E-state index in [0.29, 0.717) is 19.3 Å². The SMILES string of the molecule is CCOC(C)CCOCCOCCCS. The Morgan fingerprint density at radius 1 is 1.07 bits per heavy atom. The monoisotopic (exact) mass is 236 g/mol. The van der Waals surface area contributed by atoms with Crippen LogP contribution in [0, 0.1) is 0 Å². The van der Waals surface area contributed by atoms with E-state index < -0.39 is 0 Å². The van der Waals surface area contributed by atoms with Gasteiger partial charge in [-0.05, 0) is 32.4 Å². The predicted molar refractivity (Wildman–Crippen MR) is 65.8 cm³/mol. The summed E-state index contributed by atoms with van der Waals surface area (Å²) in [5, 5.41) is 0. The largest absolute Gasteiger partial charge is 0.379 e. The second-order valence-corrected chi connectivity index (χ2v) is 3.80. The zero-order valence-electron chi connectivity index (χ0n) is 9.91. The van der Waals surface area contributed by atoms with Gasteiger partial charge in [-0.3, -0.25) is 0 Å². The molecule has 0 aromatic rings. The van der Waals surface area contributed by atoms with Crippen molar-refractivity contribution in [1.29, 1.82) is 0 Å². The van der Waals surface area contributed by atoms with Gasteiger partial charge in [0.15, 0.2) is 0 Å². The van der Waals surface area contributed by atoms with Gasteiger partial charge in [0.05, 0.1) is 19.3 Å². The van der Waals surface area contributed by atoms with Crippen molar-refractivity contribution in [2.24, 2.45) is 0 Å². The maximum atomic E-state index is 5.41. The molecule has 92 valence electrons. The summed E-state index contributed by atoms with van der Waals surface area (Å²) in [5.41, 5.74) is 0. The lowest BCUT2D eigenvalue weighted by Crippen LogP contribution is -2.13. The molecule has 0 heterocycles. The van der Waals surface area contributed by atoms with Crippen molar-refractivity contribution in [1.82, 2.24) is 0 Å². The van der Waals surface area contributed by atoms with Gasteiger partial charge in [-0.15, -0.1) is 0 Å². The second kappa shape index (κ2) is 12.3. The topological polar surface area (TPSA) is 27.7 Å². The van der Waals surface area contributed by atoms with Crippen molar-refractivity contribution in [3.8, 4) is 0 Å². The summed E-state index contributed by atoms with van der Waals surface area (Å²) in [6.45, 7) is 7.72. The van der Waals surface area contributed by atoms with E-state index in [1.54, 1.807) is 0 Å². The van der Waals surface area contributed by atoms with Crippen LogP contribution < -0.4 is 0 Å². The molecule has 3 nitrogen and oxygen atoms in total. The molecule has 0 saturated heterocycles. The van der Waals surface area contributed by atoms with Gasteiger partial charge in [0.1, 0.15) is 0 Å². The summed E-state index contributed by atoms with van der Waals surface area (Å²) in [6, 6.07) is 0. The number of hydrogen-bond acceptors (Lipinski definition) is 4. The fourth-order valence-electron chi connectivity index (χ4n) is 1.11. The highest BCUT2D eigenvalue weighted by atomic mass is 32.1. The Morgan fingerprint density at radius 2 is 1.73 bits per heavy atom. The van der Waals surface area contributed by atoms with Crippen LogP contribution in [0.1, 0.15) is 26.7 Å². The van der Waals surface area contributed by atoms with Gasteiger partial charge in [-0.25, -0.2) is 0 Å². The van der Waals surface area contributed by atoms with Gasteiger partial charge in [0.25, 0.3) is 0 Å². The number of thiol groups is 1. The molecule has 0 aromatic carbocycles. The van der Waals surface area contributed by atoms with Crippen molar-refractivity contribution < 1.29 is 14.2 Å². The van der Waals surface area contributed by atoms with Crippen LogP contribution in [0.3, 0.4) is 0 Å². The van der Waals surface area contributed by atoms with Crippen LogP contribution in [0.2, 0.25) is 0 Å². The third-order valence-electron chi connectivity index (χ3n) is 1.94. The van der Waals surface area contributed by atoms with Crippen molar-refractivity contribution in [2.75, 3.05) is 38.8 Å². The first-order valence-electron chi connectivity index (χ1n) is 5.69. The second-order valence-electron chi connectivity index (χ2n) is 3.36. The van der Waals surface area contributed by atoms with Crippen LogP contribution in [-0.4, -0.2) is 44.9 Å². The quantitative estimate of drug-likeness (QED) is 0.440. The molecule has 0 rings (SSSR count). The van der Waals surface area contributed by atoms with Crippen LogP contribution in [0.4, 0.5) is 0 Å². The minimum atomic E-state index is 0.292. The predicted octanol–water partition coefficient (Wildman–Crippen LogP) is 2.15. The lowest BCUT2D eigenvalue weighted by molar-refractivity contribution is 0.0163.